The van der Waals surface area contributed by atoms with Gasteiger partial charge in [0.1, 0.15) is 11.6 Å². The fourth-order valence-corrected chi connectivity index (χ4v) is 5.77. The van der Waals surface area contributed by atoms with Crippen molar-refractivity contribution in [3.63, 3.8) is 0 Å². The van der Waals surface area contributed by atoms with Crippen molar-refractivity contribution in [2.45, 2.75) is 25.5 Å². The minimum Gasteiger partial charge on any atom is -0.435 e. The molecule has 35 heavy (non-hydrogen) atoms. The van der Waals surface area contributed by atoms with Gasteiger partial charge in [-0.15, -0.1) is 0 Å². The highest BCUT2D eigenvalue weighted by atomic mass is 32.2. The summed E-state index contributed by atoms with van der Waals surface area (Å²) < 4.78 is 45.5. The van der Waals surface area contributed by atoms with Crippen LogP contribution < -0.4 is 10.1 Å². The quantitative estimate of drug-likeness (QED) is 0.325. The number of amides is 1. The molecule has 1 aromatic heterocycles. The molecule has 1 aliphatic rings. The number of aromatic nitrogens is 1. The van der Waals surface area contributed by atoms with Crippen molar-refractivity contribution in [3.05, 3.63) is 84.3 Å². The van der Waals surface area contributed by atoms with Crippen molar-refractivity contribution in [2.75, 3.05) is 11.5 Å². The maximum atomic E-state index is 13.6. The maximum absolute atomic E-state index is 13.6. The molecular weight excluding hydrogens is 473 g/mol. The van der Waals surface area contributed by atoms with Gasteiger partial charge in [0.05, 0.1) is 5.52 Å². The molecule has 5 rings (SSSR count). The number of halogens is 3. The van der Waals surface area contributed by atoms with E-state index in [1.807, 2.05) is 34.7 Å². The monoisotopic (exact) mass is 496 g/mol. The highest BCUT2D eigenvalue weighted by Gasteiger charge is 2.31. The summed E-state index contributed by atoms with van der Waals surface area (Å²) in [6.07, 6.45) is 2.77. The zero-order valence-corrected chi connectivity index (χ0v) is 19.7. The van der Waals surface area contributed by atoms with Gasteiger partial charge in [-0.3, -0.25) is 4.79 Å². The number of nitrogens with one attached hydrogen (secondary N) is 1. The van der Waals surface area contributed by atoms with Crippen LogP contribution in [0, 0.1) is 5.82 Å². The summed E-state index contributed by atoms with van der Waals surface area (Å²) in [5.74, 6) is 1.43. The number of carbonyl (C=O) groups is 1. The van der Waals surface area contributed by atoms with Gasteiger partial charge in [0.15, 0.2) is 0 Å². The van der Waals surface area contributed by atoms with E-state index < -0.39 is 6.61 Å². The molecule has 0 aliphatic carbocycles. The second-order valence-electron chi connectivity index (χ2n) is 8.84. The van der Waals surface area contributed by atoms with Gasteiger partial charge in [-0.25, -0.2) is 4.39 Å². The Bertz CT molecular complexity index is 1380. The van der Waals surface area contributed by atoms with Crippen molar-refractivity contribution in [2.24, 2.45) is 0 Å². The van der Waals surface area contributed by atoms with Crippen molar-refractivity contribution in [1.82, 2.24) is 9.88 Å². The first-order chi connectivity index (χ1) is 16.8. The van der Waals surface area contributed by atoms with Gasteiger partial charge in [0.2, 0.25) is 0 Å². The summed E-state index contributed by atoms with van der Waals surface area (Å²) in [5, 5.41) is 3.95. The van der Waals surface area contributed by atoms with E-state index >= 15 is 0 Å². The Labute approximate surface area is 205 Å². The van der Waals surface area contributed by atoms with Crippen molar-refractivity contribution >= 4 is 28.6 Å². The van der Waals surface area contributed by atoms with Gasteiger partial charge in [-0.2, -0.15) is 20.5 Å². The Morgan fingerprint density at radius 3 is 2.63 bits per heavy atom. The Morgan fingerprint density at radius 1 is 1.11 bits per heavy atom. The molecule has 1 fully saturated rings. The number of hydrogen-bond donors (Lipinski definition) is 1. The second kappa shape index (κ2) is 9.34. The molecule has 2 heterocycles. The normalized spacial score (nSPS) is 17.7. The molecule has 1 N–H and O–H groups in total. The summed E-state index contributed by atoms with van der Waals surface area (Å²) >= 11 is 1.82. The Hall–Kier alpha value is -3.39. The second-order valence-corrected chi connectivity index (χ2v) is 9.95. The van der Waals surface area contributed by atoms with E-state index in [9.17, 15) is 18.0 Å². The number of thioether (sulfide) groups is 1. The van der Waals surface area contributed by atoms with Crippen LogP contribution in [0.3, 0.4) is 0 Å². The van der Waals surface area contributed by atoms with Crippen LogP contribution >= 0.6 is 11.8 Å². The van der Waals surface area contributed by atoms with E-state index in [0.717, 1.165) is 40.0 Å². The number of nitrogens with zero attached hydrogens (tertiary/aromatic N) is 1. The van der Waals surface area contributed by atoms with Gasteiger partial charge in [-0.05, 0) is 67.1 Å². The fraction of sp³-hybridized carbons (Fsp3) is 0.222. The Balaban J connectivity index is 1.61. The largest absolute Gasteiger partial charge is 0.435 e. The highest BCUT2D eigenvalue weighted by Crippen LogP contribution is 2.35. The molecule has 0 saturated carbocycles. The molecule has 1 amide bonds. The first kappa shape index (κ1) is 23.4. The fourth-order valence-electron chi connectivity index (χ4n) is 4.37. The van der Waals surface area contributed by atoms with E-state index in [1.165, 1.54) is 24.3 Å². The van der Waals surface area contributed by atoms with Crippen LogP contribution in [0.2, 0.25) is 0 Å². The lowest BCUT2D eigenvalue weighted by atomic mass is 10.00. The highest BCUT2D eigenvalue weighted by molar-refractivity contribution is 7.99. The van der Waals surface area contributed by atoms with E-state index in [1.54, 1.807) is 30.3 Å². The molecular formula is C27H23F3N2O2S. The van der Waals surface area contributed by atoms with E-state index in [-0.39, 0.29) is 23.0 Å². The average Bonchev–Trinajstić information content (AvgIpc) is 3.43. The summed E-state index contributed by atoms with van der Waals surface area (Å²) in [6.45, 7) is -0.874. The molecule has 4 nitrogen and oxygen atoms in total. The molecule has 180 valence electrons. The standard InChI is InChI=1S/C27H23F3N2O2S/c1-27(11-12-35-16-27)31-25(33)18-7-10-24-22(13-18)23(17-5-8-19(28)9-6-17)15-32(24)20-3-2-4-21(14-20)34-26(29)30/h2-10,13-15,26H,11-12,16H2,1H3,(H,31,33). The zero-order chi connectivity index (χ0) is 24.6. The van der Waals surface area contributed by atoms with Crippen molar-refractivity contribution < 1.29 is 22.7 Å². The first-order valence-corrected chi connectivity index (χ1v) is 12.3. The maximum Gasteiger partial charge on any atom is 0.387 e. The first-order valence-electron chi connectivity index (χ1n) is 11.2. The predicted octanol–water partition coefficient (Wildman–Crippen LogP) is 6.66. The van der Waals surface area contributed by atoms with Crippen LogP contribution in [-0.2, 0) is 0 Å². The summed E-state index contributed by atoms with van der Waals surface area (Å²) in [6, 6.07) is 17.9. The molecule has 1 saturated heterocycles. The average molecular weight is 497 g/mol. The molecule has 8 heteroatoms. The molecule has 0 radical (unpaired) electrons. The molecule has 0 bridgehead atoms. The minimum atomic E-state index is -2.93. The lowest BCUT2D eigenvalue weighted by Gasteiger charge is -2.24. The van der Waals surface area contributed by atoms with Crippen LogP contribution in [0.4, 0.5) is 13.2 Å². The lowest BCUT2D eigenvalue weighted by Crippen LogP contribution is -2.45. The zero-order valence-electron chi connectivity index (χ0n) is 18.9. The van der Waals surface area contributed by atoms with Gasteiger partial charge in [0.25, 0.3) is 5.91 Å². The van der Waals surface area contributed by atoms with Crippen LogP contribution in [-0.4, -0.2) is 34.1 Å². The number of ether oxygens (including phenoxy) is 1. The molecule has 1 atom stereocenters. The van der Waals surface area contributed by atoms with Crippen molar-refractivity contribution in [3.8, 4) is 22.6 Å². The molecule has 1 aliphatic heterocycles. The SMILES string of the molecule is CC1(NC(=O)c2ccc3c(c2)c(-c2ccc(F)cc2)cn3-c2cccc(OC(F)F)c2)CCSC1. The summed E-state index contributed by atoms with van der Waals surface area (Å²) in [4.78, 5) is 13.1. The number of alkyl halides is 2. The number of benzene rings is 3. The van der Waals surface area contributed by atoms with E-state index in [2.05, 4.69) is 17.0 Å². The molecule has 3 aromatic carbocycles. The van der Waals surface area contributed by atoms with Crippen LogP contribution in [0.15, 0.2) is 72.9 Å². The topological polar surface area (TPSA) is 43.3 Å². The van der Waals surface area contributed by atoms with Crippen LogP contribution in [0.1, 0.15) is 23.7 Å². The Morgan fingerprint density at radius 2 is 1.91 bits per heavy atom. The number of rotatable bonds is 6. The molecule has 4 aromatic rings. The van der Waals surface area contributed by atoms with Gasteiger partial charge in [0, 0.05) is 45.8 Å². The molecule has 1 unspecified atom stereocenters. The minimum absolute atomic E-state index is 0.0429. The van der Waals surface area contributed by atoms with Crippen molar-refractivity contribution in [1.29, 1.82) is 0 Å². The Kier molecular flexibility index (Phi) is 6.23. The van der Waals surface area contributed by atoms with Crippen LogP contribution in [0.5, 0.6) is 5.75 Å². The van der Waals surface area contributed by atoms with Gasteiger partial charge >= 0.3 is 6.61 Å². The third-order valence-corrected chi connectivity index (χ3v) is 7.51. The molecule has 0 spiro atoms. The lowest BCUT2D eigenvalue weighted by molar-refractivity contribution is -0.0498. The predicted molar refractivity (Wildman–Crippen MR) is 133 cm³/mol. The van der Waals surface area contributed by atoms with Gasteiger partial charge in [-0.1, -0.05) is 18.2 Å². The summed E-state index contributed by atoms with van der Waals surface area (Å²) in [5.41, 5.74) is 3.23. The third kappa shape index (κ3) is 4.89. The third-order valence-electron chi connectivity index (χ3n) is 6.18. The van der Waals surface area contributed by atoms with Gasteiger partial charge < -0.3 is 14.6 Å². The number of fused-ring (bicyclic) bond motifs is 1. The number of hydrogen-bond acceptors (Lipinski definition) is 3. The van der Waals surface area contributed by atoms with Crippen LogP contribution in [0.25, 0.3) is 27.7 Å². The van der Waals surface area contributed by atoms with E-state index in [0.29, 0.717) is 11.3 Å². The smallest absolute Gasteiger partial charge is 0.387 e. The van der Waals surface area contributed by atoms with E-state index in [4.69, 9.17) is 0 Å². The summed E-state index contributed by atoms with van der Waals surface area (Å²) in [7, 11) is 0. The number of carbonyl (C=O) groups excluding carboxylic acids is 1.